The van der Waals surface area contributed by atoms with Crippen LogP contribution in [0.4, 0.5) is 5.69 Å². The number of nitrogens with zero attached hydrogens (tertiary/aromatic N) is 2. The van der Waals surface area contributed by atoms with E-state index in [1.54, 1.807) is 11.6 Å². The van der Waals surface area contributed by atoms with E-state index in [-0.39, 0.29) is 10.8 Å². The number of nitrogens with one attached hydrogen (secondary N) is 1. The summed E-state index contributed by atoms with van der Waals surface area (Å²) in [6.45, 7) is 1.10. The average Bonchev–Trinajstić information content (AvgIpc) is 3.34. The summed E-state index contributed by atoms with van der Waals surface area (Å²) >= 11 is 0. The highest BCUT2D eigenvalue weighted by Gasteiger charge is 2.29. The number of amides is 1. The highest BCUT2D eigenvalue weighted by atomic mass is 32.2. The second-order valence-corrected chi connectivity index (χ2v) is 9.01. The van der Waals surface area contributed by atoms with Gasteiger partial charge in [-0.05, 0) is 61.4 Å². The van der Waals surface area contributed by atoms with E-state index in [4.69, 9.17) is 0 Å². The van der Waals surface area contributed by atoms with Crippen LogP contribution in [0.2, 0.25) is 0 Å². The van der Waals surface area contributed by atoms with Gasteiger partial charge in [-0.25, -0.2) is 8.42 Å². The lowest BCUT2D eigenvalue weighted by Crippen LogP contribution is -2.27. The molecule has 1 N–H and O–H groups in total. The van der Waals surface area contributed by atoms with E-state index in [0.717, 1.165) is 37.8 Å². The number of aromatic nitrogens is 1. The van der Waals surface area contributed by atoms with Gasteiger partial charge in [0.2, 0.25) is 10.0 Å². The fourth-order valence-electron chi connectivity index (χ4n) is 3.82. The van der Waals surface area contributed by atoms with Crippen LogP contribution < -0.4 is 5.32 Å². The molecule has 2 aromatic rings. The van der Waals surface area contributed by atoms with E-state index in [2.05, 4.69) is 11.4 Å². The lowest BCUT2D eigenvalue weighted by Gasteiger charge is -2.13. The fraction of sp³-hybridized carbons (Fsp3) is 0.421. The van der Waals surface area contributed by atoms with Gasteiger partial charge in [0.25, 0.3) is 5.91 Å². The van der Waals surface area contributed by atoms with Gasteiger partial charge in [0.15, 0.2) is 0 Å². The first-order valence-corrected chi connectivity index (χ1v) is 10.5. The third-order valence-corrected chi connectivity index (χ3v) is 7.14. The molecule has 7 heteroatoms. The van der Waals surface area contributed by atoms with Crippen LogP contribution in [0.5, 0.6) is 0 Å². The maximum absolute atomic E-state index is 12.7. The molecule has 1 aromatic carbocycles. The molecule has 1 fully saturated rings. The van der Waals surface area contributed by atoms with Crippen LogP contribution >= 0.6 is 0 Å². The summed E-state index contributed by atoms with van der Waals surface area (Å²) in [6, 6.07) is 7.46. The van der Waals surface area contributed by atoms with Crippen LogP contribution in [-0.4, -0.2) is 36.3 Å². The average molecular weight is 373 g/mol. The Balaban J connectivity index is 1.56. The van der Waals surface area contributed by atoms with Gasteiger partial charge in [0.1, 0.15) is 10.6 Å². The number of benzene rings is 1. The minimum atomic E-state index is -3.52. The Bertz CT molecular complexity index is 956. The summed E-state index contributed by atoms with van der Waals surface area (Å²) in [7, 11) is -1.83. The van der Waals surface area contributed by atoms with Crippen LogP contribution in [0.3, 0.4) is 0 Å². The molecule has 4 rings (SSSR count). The van der Waals surface area contributed by atoms with E-state index < -0.39 is 10.0 Å². The van der Waals surface area contributed by atoms with Crippen molar-refractivity contribution in [3.8, 4) is 0 Å². The fourth-order valence-corrected chi connectivity index (χ4v) is 5.41. The monoisotopic (exact) mass is 373 g/mol. The summed E-state index contributed by atoms with van der Waals surface area (Å²) in [4.78, 5) is 12.8. The molecule has 1 aliphatic carbocycles. The molecule has 2 aliphatic rings. The highest BCUT2D eigenvalue weighted by molar-refractivity contribution is 7.89. The van der Waals surface area contributed by atoms with Gasteiger partial charge >= 0.3 is 0 Å². The summed E-state index contributed by atoms with van der Waals surface area (Å²) in [5.41, 5.74) is 3.72. The third-order valence-electron chi connectivity index (χ3n) is 5.27. The van der Waals surface area contributed by atoms with Crippen molar-refractivity contribution in [2.45, 2.75) is 37.0 Å². The standard InChI is InChI=1S/C19H23N3O3S/c1-21-13-17(26(24,25)22-9-2-3-10-22)12-18(21)19(23)20-16-8-7-14-5-4-6-15(14)11-16/h7-8,11-13H,2-6,9-10H2,1H3,(H,20,23). The van der Waals surface area contributed by atoms with E-state index >= 15 is 0 Å². The third kappa shape index (κ3) is 3.05. The van der Waals surface area contributed by atoms with Gasteiger partial charge in [-0.15, -0.1) is 0 Å². The first-order chi connectivity index (χ1) is 12.4. The van der Waals surface area contributed by atoms with Crippen LogP contribution in [0.15, 0.2) is 35.4 Å². The summed E-state index contributed by atoms with van der Waals surface area (Å²) in [5, 5.41) is 2.89. The maximum Gasteiger partial charge on any atom is 0.272 e. The zero-order chi connectivity index (χ0) is 18.3. The van der Waals surface area contributed by atoms with E-state index in [1.807, 2.05) is 12.1 Å². The molecule has 0 bridgehead atoms. The van der Waals surface area contributed by atoms with Crippen LogP contribution in [0, 0.1) is 0 Å². The maximum atomic E-state index is 12.7. The number of fused-ring (bicyclic) bond motifs is 1. The number of sulfonamides is 1. The minimum absolute atomic E-state index is 0.181. The molecule has 1 amide bonds. The number of carbonyl (C=O) groups excluding carboxylic acids is 1. The molecular formula is C19H23N3O3S. The van der Waals surface area contributed by atoms with Crippen molar-refractivity contribution in [3.63, 3.8) is 0 Å². The molecule has 26 heavy (non-hydrogen) atoms. The molecule has 0 radical (unpaired) electrons. The van der Waals surface area contributed by atoms with Crippen molar-refractivity contribution in [2.24, 2.45) is 7.05 Å². The summed E-state index contributed by atoms with van der Waals surface area (Å²) in [5.74, 6) is -0.298. The van der Waals surface area contributed by atoms with Crippen LogP contribution in [0.1, 0.15) is 40.9 Å². The summed E-state index contributed by atoms with van der Waals surface area (Å²) in [6.07, 6.45) is 6.59. The normalized spacial score (nSPS) is 17.4. The molecule has 1 aliphatic heterocycles. The molecule has 1 aromatic heterocycles. The van der Waals surface area contributed by atoms with Gasteiger partial charge in [0.05, 0.1) is 0 Å². The largest absolute Gasteiger partial charge is 0.345 e. The van der Waals surface area contributed by atoms with Crippen LogP contribution in [0.25, 0.3) is 0 Å². The predicted octanol–water partition coefficient (Wildman–Crippen LogP) is 2.55. The Morgan fingerprint density at radius 1 is 1.04 bits per heavy atom. The number of carbonyl (C=O) groups is 1. The predicted molar refractivity (Wildman–Crippen MR) is 99.8 cm³/mol. The number of anilines is 1. The quantitative estimate of drug-likeness (QED) is 0.895. The molecule has 0 spiro atoms. The Kier molecular flexibility index (Phi) is 4.36. The Morgan fingerprint density at radius 3 is 2.54 bits per heavy atom. The van der Waals surface area contributed by atoms with E-state index in [9.17, 15) is 13.2 Å². The SMILES string of the molecule is Cn1cc(S(=O)(=O)N2CCCC2)cc1C(=O)Nc1ccc2c(c1)CCC2. The molecule has 0 unspecified atom stereocenters. The lowest BCUT2D eigenvalue weighted by molar-refractivity contribution is 0.101. The molecule has 2 heterocycles. The van der Waals surface area contributed by atoms with Crippen molar-refractivity contribution >= 4 is 21.6 Å². The second kappa shape index (κ2) is 6.55. The number of aryl methyl sites for hydroxylation is 3. The van der Waals surface area contributed by atoms with Crippen molar-refractivity contribution < 1.29 is 13.2 Å². The summed E-state index contributed by atoms with van der Waals surface area (Å²) < 4.78 is 28.4. The van der Waals surface area contributed by atoms with Crippen molar-refractivity contribution in [1.82, 2.24) is 8.87 Å². The van der Waals surface area contributed by atoms with Gasteiger partial charge in [-0.1, -0.05) is 6.07 Å². The number of hydrogen-bond acceptors (Lipinski definition) is 3. The van der Waals surface area contributed by atoms with Crippen LogP contribution in [-0.2, 0) is 29.9 Å². The Morgan fingerprint density at radius 2 is 1.77 bits per heavy atom. The Hall–Kier alpha value is -2.12. The zero-order valence-electron chi connectivity index (χ0n) is 14.9. The molecule has 6 nitrogen and oxygen atoms in total. The number of rotatable bonds is 4. The first-order valence-electron chi connectivity index (χ1n) is 9.05. The zero-order valence-corrected chi connectivity index (χ0v) is 15.7. The van der Waals surface area contributed by atoms with Crippen molar-refractivity contribution in [1.29, 1.82) is 0 Å². The first kappa shape index (κ1) is 17.3. The second-order valence-electron chi connectivity index (χ2n) is 7.07. The highest BCUT2D eigenvalue weighted by Crippen LogP contribution is 2.26. The van der Waals surface area contributed by atoms with Crippen molar-refractivity contribution in [3.05, 3.63) is 47.3 Å². The lowest BCUT2D eigenvalue weighted by atomic mass is 10.1. The number of hydrogen-bond donors (Lipinski definition) is 1. The van der Waals surface area contributed by atoms with Gasteiger partial charge in [0, 0.05) is 32.0 Å². The van der Waals surface area contributed by atoms with Gasteiger partial charge < -0.3 is 9.88 Å². The van der Waals surface area contributed by atoms with Gasteiger partial charge in [-0.3, -0.25) is 4.79 Å². The topological polar surface area (TPSA) is 71.4 Å². The minimum Gasteiger partial charge on any atom is -0.345 e. The molecule has 0 atom stereocenters. The molecule has 0 saturated carbocycles. The van der Waals surface area contributed by atoms with E-state index in [0.29, 0.717) is 18.8 Å². The molecule has 138 valence electrons. The smallest absolute Gasteiger partial charge is 0.272 e. The van der Waals surface area contributed by atoms with Crippen molar-refractivity contribution in [2.75, 3.05) is 18.4 Å². The Labute approximate surface area is 153 Å². The van der Waals surface area contributed by atoms with Gasteiger partial charge in [-0.2, -0.15) is 4.31 Å². The van der Waals surface area contributed by atoms with E-state index in [1.165, 1.54) is 27.7 Å². The molecular weight excluding hydrogens is 350 g/mol. The molecule has 1 saturated heterocycles.